The van der Waals surface area contributed by atoms with Crippen molar-refractivity contribution in [3.8, 4) is 0 Å². The summed E-state index contributed by atoms with van der Waals surface area (Å²) in [5, 5.41) is 12.1. The van der Waals surface area contributed by atoms with E-state index in [0.29, 0.717) is 22.9 Å². The summed E-state index contributed by atoms with van der Waals surface area (Å²) in [6.07, 6.45) is 5.37. The van der Waals surface area contributed by atoms with E-state index in [1.54, 1.807) is 17.1 Å². The number of hydrogen-bond acceptors (Lipinski definition) is 5. The Hall–Kier alpha value is -2.97. The normalized spacial score (nSPS) is 16.6. The molecule has 3 rings (SSSR count). The minimum Gasteiger partial charge on any atom is -0.463 e. The summed E-state index contributed by atoms with van der Waals surface area (Å²) in [7, 11) is 0. The third kappa shape index (κ3) is 2.92. The first-order chi connectivity index (χ1) is 11.5. The first-order valence-electron chi connectivity index (χ1n) is 7.70. The molecule has 126 valence electrons. The van der Waals surface area contributed by atoms with Crippen LogP contribution in [0.3, 0.4) is 0 Å². The van der Waals surface area contributed by atoms with Gasteiger partial charge < -0.3 is 20.7 Å². The number of rotatable bonds is 5. The van der Waals surface area contributed by atoms with Crippen molar-refractivity contribution in [3.05, 3.63) is 18.7 Å². The van der Waals surface area contributed by atoms with Crippen LogP contribution in [0.1, 0.15) is 32.0 Å². The molecule has 0 saturated heterocycles. The summed E-state index contributed by atoms with van der Waals surface area (Å²) in [6, 6.07) is 0.218. The van der Waals surface area contributed by atoms with Gasteiger partial charge in [-0.3, -0.25) is 0 Å². The number of amidine groups is 1. The number of nitrogens with zero attached hydrogens (tertiary/aromatic N) is 5. The molecule has 9 heteroatoms. The topological polar surface area (TPSA) is 131 Å². The Labute approximate surface area is 138 Å². The summed E-state index contributed by atoms with van der Waals surface area (Å²) >= 11 is 0. The van der Waals surface area contributed by atoms with Gasteiger partial charge in [0.25, 0.3) is 0 Å². The van der Waals surface area contributed by atoms with E-state index < -0.39 is 6.09 Å². The Morgan fingerprint density at radius 1 is 1.58 bits per heavy atom. The largest absolute Gasteiger partial charge is 0.463 e. The third-order valence-electron chi connectivity index (χ3n) is 4.29. The molecule has 24 heavy (non-hydrogen) atoms. The SMILES string of the molecule is C=Cn1cnc2nc(C(N)=NC(=O)O)nc(NC(C)C3CCC3)c21. The number of anilines is 1. The third-order valence-corrected chi connectivity index (χ3v) is 4.29. The molecule has 2 aromatic heterocycles. The minimum atomic E-state index is -1.40. The number of nitrogens with one attached hydrogen (secondary N) is 1. The smallest absolute Gasteiger partial charge is 0.433 e. The highest BCUT2D eigenvalue weighted by Gasteiger charge is 2.25. The second kappa shape index (κ2) is 6.26. The van der Waals surface area contributed by atoms with Crippen molar-refractivity contribution in [2.45, 2.75) is 32.2 Å². The lowest BCUT2D eigenvalue weighted by molar-refractivity contribution is 0.205. The number of amides is 1. The van der Waals surface area contributed by atoms with E-state index in [0.717, 1.165) is 0 Å². The molecule has 0 spiro atoms. The average Bonchev–Trinajstić information content (AvgIpc) is 2.87. The average molecular weight is 329 g/mol. The monoisotopic (exact) mass is 329 g/mol. The summed E-state index contributed by atoms with van der Waals surface area (Å²) < 4.78 is 1.71. The lowest BCUT2D eigenvalue weighted by Crippen LogP contribution is -2.31. The van der Waals surface area contributed by atoms with E-state index in [1.165, 1.54) is 19.3 Å². The summed E-state index contributed by atoms with van der Waals surface area (Å²) in [6.45, 7) is 5.84. The van der Waals surface area contributed by atoms with Crippen molar-refractivity contribution in [2.24, 2.45) is 16.6 Å². The van der Waals surface area contributed by atoms with Crippen molar-refractivity contribution in [1.82, 2.24) is 19.5 Å². The van der Waals surface area contributed by atoms with E-state index in [9.17, 15) is 4.79 Å². The van der Waals surface area contributed by atoms with Crippen molar-refractivity contribution in [1.29, 1.82) is 0 Å². The van der Waals surface area contributed by atoms with Crippen LogP contribution < -0.4 is 11.1 Å². The second-order valence-electron chi connectivity index (χ2n) is 5.81. The molecule has 1 aliphatic rings. The Bertz CT molecular complexity index is 823. The number of nitrogens with two attached hydrogens (primary N) is 1. The summed E-state index contributed by atoms with van der Waals surface area (Å²) in [5.74, 6) is 0.887. The van der Waals surface area contributed by atoms with Gasteiger partial charge in [-0.2, -0.15) is 4.99 Å². The van der Waals surface area contributed by atoms with Crippen molar-refractivity contribution in [2.75, 3.05) is 5.32 Å². The molecule has 0 radical (unpaired) electrons. The highest BCUT2D eigenvalue weighted by atomic mass is 16.4. The molecule has 1 amide bonds. The molecule has 0 aromatic carbocycles. The number of aliphatic imine (C=N–C) groups is 1. The van der Waals surface area contributed by atoms with E-state index >= 15 is 0 Å². The van der Waals surface area contributed by atoms with Gasteiger partial charge >= 0.3 is 6.09 Å². The molecule has 0 aliphatic heterocycles. The van der Waals surface area contributed by atoms with Crippen LogP contribution in [-0.4, -0.2) is 42.6 Å². The van der Waals surface area contributed by atoms with E-state index in [-0.39, 0.29) is 17.7 Å². The lowest BCUT2D eigenvalue weighted by Gasteiger charge is -2.32. The fourth-order valence-electron chi connectivity index (χ4n) is 2.73. The maximum Gasteiger partial charge on any atom is 0.433 e. The Balaban J connectivity index is 2.06. The molecule has 1 fully saturated rings. The van der Waals surface area contributed by atoms with Crippen LogP contribution in [0.4, 0.5) is 10.6 Å². The van der Waals surface area contributed by atoms with Gasteiger partial charge in [0.2, 0.25) is 0 Å². The van der Waals surface area contributed by atoms with Gasteiger partial charge in [-0.15, -0.1) is 0 Å². The van der Waals surface area contributed by atoms with Gasteiger partial charge in [-0.25, -0.2) is 19.7 Å². The van der Waals surface area contributed by atoms with Crippen LogP contribution in [0, 0.1) is 5.92 Å². The molecule has 2 aromatic rings. The van der Waals surface area contributed by atoms with E-state index in [2.05, 4.69) is 38.8 Å². The molecule has 1 saturated carbocycles. The number of hydrogen-bond donors (Lipinski definition) is 3. The molecular formula is C15H19N7O2. The fraction of sp³-hybridized carbons (Fsp3) is 0.400. The molecule has 2 heterocycles. The fourth-order valence-corrected chi connectivity index (χ4v) is 2.73. The Kier molecular flexibility index (Phi) is 4.15. The van der Waals surface area contributed by atoms with Gasteiger partial charge in [0, 0.05) is 12.2 Å². The zero-order chi connectivity index (χ0) is 17.3. The van der Waals surface area contributed by atoms with Crippen LogP contribution >= 0.6 is 0 Å². The lowest BCUT2D eigenvalue weighted by atomic mass is 9.80. The highest BCUT2D eigenvalue weighted by Crippen LogP contribution is 2.32. The second-order valence-corrected chi connectivity index (χ2v) is 5.81. The predicted molar refractivity (Wildman–Crippen MR) is 90.9 cm³/mol. The molecule has 9 nitrogen and oxygen atoms in total. The standard InChI is InChI=1S/C15H19N7O2/c1-3-22-7-17-12-10(22)13(18-8(2)9-5-4-6-9)21-14(20-12)11(16)19-15(23)24/h3,7-9H,1,4-6H2,2H3,(H2,16,19)(H,23,24)(H,18,20,21). The molecule has 0 bridgehead atoms. The minimum absolute atomic E-state index is 0.0301. The quantitative estimate of drug-likeness (QED) is 0.564. The van der Waals surface area contributed by atoms with Gasteiger partial charge in [0.1, 0.15) is 11.8 Å². The van der Waals surface area contributed by atoms with Crippen LogP contribution in [0.15, 0.2) is 17.9 Å². The first kappa shape index (κ1) is 15.9. The number of carboxylic acid groups (broad SMARTS) is 1. The zero-order valence-corrected chi connectivity index (χ0v) is 13.3. The van der Waals surface area contributed by atoms with Gasteiger partial charge in [-0.05, 0) is 25.7 Å². The van der Waals surface area contributed by atoms with Crippen molar-refractivity contribution < 1.29 is 9.90 Å². The van der Waals surface area contributed by atoms with Crippen molar-refractivity contribution >= 4 is 35.1 Å². The zero-order valence-electron chi connectivity index (χ0n) is 13.3. The molecule has 1 aliphatic carbocycles. The van der Waals surface area contributed by atoms with Crippen molar-refractivity contribution in [3.63, 3.8) is 0 Å². The van der Waals surface area contributed by atoms with E-state index in [1.807, 2.05) is 0 Å². The number of imidazole rings is 1. The van der Waals surface area contributed by atoms with Gasteiger partial charge in [-0.1, -0.05) is 13.0 Å². The number of carbonyl (C=O) groups is 1. The molecular weight excluding hydrogens is 310 g/mol. The van der Waals surface area contributed by atoms with Gasteiger partial charge in [0.15, 0.2) is 23.1 Å². The Morgan fingerprint density at radius 2 is 2.33 bits per heavy atom. The van der Waals surface area contributed by atoms with Crippen LogP contribution in [0.25, 0.3) is 17.4 Å². The predicted octanol–water partition coefficient (Wildman–Crippen LogP) is 1.91. The maximum atomic E-state index is 10.7. The molecule has 4 N–H and O–H groups in total. The molecule has 1 unspecified atom stereocenters. The maximum absolute atomic E-state index is 10.7. The van der Waals surface area contributed by atoms with Crippen LogP contribution in [-0.2, 0) is 0 Å². The Morgan fingerprint density at radius 3 is 2.92 bits per heavy atom. The summed E-state index contributed by atoms with van der Waals surface area (Å²) in [4.78, 5) is 26.8. The van der Waals surface area contributed by atoms with Gasteiger partial charge in [0.05, 0.1) is 0 Å². The highest BCUT2D eigenvalue weighted by molar-refractivity contribution is 6.01. The van der Waals surface area contributed by atoms with E-state index in [4.69, 9.17) is 10.8 Å². The summed E-state index contributed by atoms with van der Waals surface area (Å²) in [5.41, 5.74) is 6.75. The van der Waals surface area contributed by atoms with Crippen LogP contribution in [0.5, 0.6) is 0 Å². The van der Waals surface area contributed by atoms with Crippen LogP contribution in [0.2, 0.25) is 0 Å². The number of aromatic nitrogens is 4. The first-order valence-corrected chi connectivity index (χ1v) is 7.70. The number of fused-ring (bicyclic) bond motifs is 1. The molecule has 1 atom stereocenters.